The number of non-ortho nitro benzene ring substituents is 1. The molecular formula is C35H38ClN3O6. The van der Waals surface area contributed by atoms with Gasteiger partial charge in [-0.25, -0.2) is 9.59 Å². The van der Waals surface area contributed by atoms with Crippen LogP contribution in [0.4, 0.5) is 5.69 Å². The van der Waals surface area contributed by atoms with Gasteiger partial charge in [0.15, 0.2) is 0 Å². The molecule has 1 atom stereocenters. The van der Waals surface area contributed by atoms with E-state index in [4.69, 9.17) is 4.74 Å². The second kappa shape index (κ2) is 14.5. The number of carbonyl (C=O) groups is 2. The van der Waals surface area contributed by atoms with Crippen LogP contribution in [0, 0.1) is 10.1 Å². The van der Waals surface area contributed by atoms with Crippen molar-refractivity contribution in [2.24, 2.45) is 0 Å². The van der Waals surface area contributed by atoms with Gasteiger partial charge in [-0.2, -0.15) is 0 Å². The van der Waals surface area contributed by atoms with Crippen LogP contribution in [0.25, 0.3) is 0 Å². The molecule has 9 nitrogen and oxygen atoms in total. The maximum atomic E-state index is 13.5. The molecule has 0 saturated carbocycles. The molecule has 3 aromatic rings. The van der Waals surface area contributed by atoms with Gasteiger partial charge >= 0.3 is 11.9 Å². The number of esters is 1. The number of allylic oxidation sites excluding steroid dienone is 2. The van der Waals surface area contributed by atoms with Gasteiger partial charge in [0.25, 0.3) is 5.69 Å². The quantitative estimate of drug-likeness (QED) is 0.115. The summed E-state index contributed by atoms with van der Waals surface area (Å²) < 4.78 is 5.70. The zero-order valence-corrected chi connectivity index (χ0v) is 26.2. The number of dihydropyridines is 1. The monoisotopic (exact) mass is 631 g/mol. The summed E-state index contributed by atoms with van der Waals surface area (Å²) in [6.45, 7) is 6.04. The van der Waals surface area contributed by atoms with Crippen LogP contribution in [-0.4, -0.2) is 53.1 Å². The summed E-state index contributed by atoms with van der Waals surface area (Å²) >= 11 is 0. The lowest BCUT2D eigenvalue weighted by atomic mass is 9.68. The van der Waals surface area contributed by atoms with Crippen LogP contribution in [0.15, 0.2) is 107 Å². The average Bonchev–Trinajstić information content (AvgIpc) is 3.03. The third-order valence-corrected chi connectivity index (χ3v) is 8.84. The first-order valence-corrected chi connectivity index (χ1v) is 14.9. The van der Waals surface area contributed by atoms with E-state index < -0.39 is 22.8 Å². The predicted octanol–water partition coefficient (Wildman–Crippen LogP) is 6.35. The molecule has 2 heterocycles. The van der Waals surface area contributed by atoms with E-state index in [1.807, 2.05) is 12.1 Å². The van der Waals surface area contributed by atoms with E-state index in [0.29, 0.717) is 23.4 Å². The molecule has 45 heavy (non-hydrogen) atoms. The average molecular weight is 632 g/mol. The molecule has 2 aliphatic heterocycles. The number of carboxylic acid groups (broad SMARTS) is 1. The van der Waals surface area contributed by atoms with Gasteiger partial charge in [-0.15, -0.1) is 12.4 Å². The summed E-state index contributed by atoms with van der Waals surface area (Å²) in [5.74, 6) is -2.85. The third kappa shape index (κ3) is 7.10. The number of nitrogens with one attached hydrogen (secondary N) is 1. The molecule has 0 amide bonds. The zero-order valence-electron chi connectivity index (χ0n) is 25.4. The van der Waals surface area contributed by atoms with Crippen molar-refractivity contribution < 1.29 is 24.4 Å². The number of aliphatic carboxylic acids is 1. The van der Waals surface area contributed by atoms with Crippen molar-refractivity contribution >= 4 is 30.0 Å². The fourth-order valence-electron chi connectivity index (χ4n) is 6.65. The molecule has 0 aromatic heterocycles. The Kier molecular flexibility index (Phi) is 10.8. The Bertz CT molecular complexity index is 1560. The molecule has 10 heteroatoms. The Labute approximate surface area is 269 Å². The molecule has 236 valence electrons. The molecule has 1 saturated heterocycles. The summed E-state index contributed by atoms with van der Waals surface area (Å²) in [4.78, 5) is 39.0. The Morgan fingerprint density at radius 3 is 2.07 bits per heavy atom. The number of ether oxygens (including phenoxy) is 1. The van der Waals surface area contributed by atoms with E-state index in [1.54, 1.807) is 19.9 Å². The summed E-state index contributed by atoms with van der Waals surface area (Å²) in [6.07, 6.45) is 2.58. The van der Waals surface area contributed by atoms with Crippen LogP contribution in [0.3, 0.4) is 0 Å². The molecule has 0 spiro atoms. The van der Waals surface area contributed by atoms with Gasteiger partial charge < -0.3 is 20.1 Å². The molecule has 0 radical (unpaired) electrons. The number of piperidine rings is 1. The number of hydrogen-bond donors (Lipinski definition) is 2. The number of carboxylic acids is 1. The highest BCUT2D eigenvalue weighted by atomic mass is 35.5. The van der Waals surface area contributed by atoms with Crippen molar-refractivity contribution in [1.82, 2.24) is 10.2 Å². The predicted molar refractivity (Wildman–Crippen MR) is 174 cm³/mol. The van der Waals surface area contributed by atoms with E-state index >= 15 is 0 Å². The van der Waals surface area contributed by atoms with Gasteiger partial charge in [-0.3, -0.25) is 10.1 Å². The zero-order chi connectivity index (χ0) is 31.3. The molecule has 2 aliphatic rings. The van der Waals surface area contributed by atoms with Crippen LogP contribution in [0.2, 0.25) is 0 Å². The normalized spacial score (nSPS) is 18.0. The molecule has 0 aliphatic carbocycles. The number of carbonyl (C=O) groups excluding carboxylic acids is 1. The number of nitro groups is 1. The van der Waals surface area contributed by atoms with Crippen molar-refractivity contribution in [3.8, 4) is 0 Å². The first-order valence-electron chi connectivity index (χ1n) is 14.9. The van der Waals surface area contributed by atoms with Crippen LogP contribution in [-0.2, 0) is 19.7 Å². The number of nitrogens with zero attached hydrogens (tertiary/aromatic N) is 2. The largest absolute Gasteiger partial charge is 0.478 e. The summed E-state index contributed by atoms with van der Waals surface area (Å²) in [6, 6.07) is 27.1. The van der Waals surface area contributed by atoms with Crippen LogP contribution in [0.5, 0.6) is 0 Å². The number of likely N-dealkylation sites (tertiary alicyclic amines) is 1. The third-order valence-electron chi connectivity index (χ3n) is 8.84. The van der Waals surface area contributed by atoms with E-state index in [9.17, 15) is 24.8 Å². The molecule has 2 N–H and O–H groups in total. The lowest BCUT2D eigenvalue weighted by Gasteiger charge is -2.43. The lowest BCUT2D eigenvalue weighted by molar-refractivity contribution is -0.384. The van der Waals surface area contributed by atoms with Crippen LogP contribution < -0.4 is 5.32 Å². The van der Waals surface area contributed by atoms with Gasteiger partial charge in [0.2, 0.25) is 0 Å². The number of rotatable bonds is 10. The fraction of sp³-hybridized carbons (Fsp3) is 0.314. The van der Waals surface area contributed by atoms with Crippen molar-refractivity contribution in [1.29, 1.82) is 0 Å². The molecule has 5 rings (SSSR count). The van der Waals surface area contributed by atoms with E-state index in [1.165, 1.54) is 29.3 Å². The van der Waals surface area contributed by atoms with Gasteiger partial charge in [-0.05, 0) is 62.9 Å². The minimum absolute atomic E-state index is 0. The minimum Gasteiger partial charge on any atom is -0.478 e. The van der Waals surface area contributed by atoms with Crippen molar-refractivity contribution in [3.63, 3.8) is 0 Å². The highest BCUT2D eigenvalue weighted by Gasteiger charge is 2.39. The van der Waals surface area contributed by atoms with E-state index in [0.717, 1.165) is 32.5 Å². The standard InChI is InChI=1S/C35H37N3O6.ClH/c1-24-30(33(39)40)32(26-11-9-16-29(23-26)38(42)43)31(25(2)36-24)34(41)44-22-10-19-37-20-17-35(18-21-37,27-12-5-3-6-13-27)28-14-7-4-8-15-28;/h3-9,11-16,23,32,36H,10,17-22H2,1-2H3,(H,39,40);1H. The smallest absolute Gasteiger partial charge is 0.336 e. The van der Waals surface area contributed by atoms with Gasteiger partial charge in [0.1, 0.15) is 0 Å². The lowest BCUT2D eigenvalue weighted by Crippen LogP contribution is -2.43. The Morgan fingerprint density at radius 1 is 0.933 bits per heavy atom. The van der Waals surface area contributed by atoms with E-state index in [2.05, 4.69) is 58.7 Å². The molecule has 1 unspecified atom stereocenters. The Morgan fingerprint density at radius 2 is 1.51 bits per heavy atom. The fourth-order valence-corrected chi connectivity index (χ4v) is 6.65. The van der Waals surface area contributed by atoms with Crippen molar-refractivity contribution in [3.05, 3.63) is 134 Å². The summed E-state index contributed by atoms with van der Waals surface area (Å²) in [5.41, 5.74) is 3.70. The summed E-state index contributed by atoms with van der Waals surface area (Å²) in [5, 5.41) is 24.5. The maximum absolute atomic E-state index is 13.5. The van der Waals surface area contributed by atoms with Crippen LogP contribution in [0.1, 0.15) is 55.7 Å². The molecule has 0 bridgehead atoms. The number of hydrogen-bond acceptors (Lipinski definition) is 7. The Balaban J connectivity index is 0.00000461. The van der Waals surface area contributed by atoms with E-state index in [-0.39, 0.29) is 41.3 Å². The highest BCUT2D eigenvalue weighted by molar-refractivity contribution is 5.99. The number of benzene rings is 3. The first kappa shape index (κ1) is 33.4. The first-order chi connectivity index (χ1) is 21.2. The Hall–Kier alpha value is -4.47. The van der Waals surface area contributed by atoms with Crippen molar-refractivity contribution in [2.45, 2.75) is 44.4 Å². The molecule has 3 aromatic carbocycles. The number of halogens is 1. The van der Waals surface area contributed by atoms with Gasteiger partial charge in [0.05, 0.1) is 28.6 Å². The second-order valence-corrected chi connectivity index (χ2v) is 11.4. The van der Waals surface area contributed by atoms with Crippen molar-refractivity contribution in [2.75, 3.05) is 26.2 Å². The minimum atomic E-state index is -1.21. The number of nitro benzene ring substituents is 1. The molecular weight excluding hydrogens is 594 g/mol. The van der Waals surface area contributed by atoms with Crippen LogP contribution >= 0.6 is 12.4 Å². The highest BCUT2D eigenvalue weighted by Crippen LogP contribution is 2.42. The molecule has 1 fully saturated rings. The van der Waals surface area contributed by atoms with Gasteiger partial charge in [-0.1, -0.05) is 72.8 Å². The summed E-state index contributed by atoms with van der Waals surface area (Å²) in [7, 11) is 0. The van der Waals surface area contributed by atoms with Gasteiger partial charge in [0, 0.05) is 35.5 Å². The maximum Gasteiger partial charge on any atom is 0.336 e. The SMILES string of the molecule is CC1=C(C(=O)O)C(c2cccc([N+](=O)[O-])c2)C(C(=O)OCCCN2CCC(c3ccccc3)(c3ccccc3)CC2)=C(C)N1.Cl. The second-order valence-electron chi connectivity index (χ2n) is 11.4. The topological polar surface area (TPSA) is 122 Å².